The van der Waals surface area contributed by atoms with E-state index < -0.39 is 5.91 Å². The topological polar surface area (TPSA) is 104 Å². The fraction of sp³-hybridized carbons (Fsp3) is 0.263. The van der Waals surface area contributed by atoms with Crippen LogP contribution in [0.2, 0.25) is 0 Å². The Morgan fingerprint density at radius 1 is 1.18 bits per heavy atom. The second-order valence-electron chi connectivity index (χ2n) is 6.60. The van der Waals surface area contributed by atoms with Gasteiger partial charge in [0.25, 0.3) is 11.8 Å². The summed E-state index contributed by atoms with van der Waals surface area (Å²) in [6.45, 7) is 1.88. The van der Waals surface area contributed by atoms with E-state index in [1.807, 2.05) is 12.3 Å². The van der Waals surface area contributed by atoms with Crippen molar-refractivity contribution in [1.82, 2.24) is 20.8 Å². The van der Waals surface area contributed by atoms with E-state index in [-0.39, 0.29) is 11.9 Å². The number of hydrogen-bond donors (Lipinski definition) is 3. The fourth-order valence-corrected chi connectivity index (χ4v) is 4.78. The van der Waals surface area contributed by atoms with Crippen molar-refractivity contribution in [2.24, 2.45) is 0 Å². The van der Waals surface area contributed by atoms with Gasteiger partial charge in [-0.05, 0) is 43.4 Å². The van der Waals surface area contributed by atoms with E-state index in [0.29, 0.717) is 17.2 Å². The van der Waals surface area contributed by atoms with E-state index in [2.05, 4.69) is 15.3 Å². The SMILES string of the molecule is C[C@H](NC(=O)c1nc(-c2nccs2)sc1C1CC1)c1ccc(C(=O)NO)cc1. The summed E-state index contributed by atoms with van der Waals surface area (Å²) in [5, 5.41) is 15.2. The van der Waals surface area contributed by atoms with Crippen molar-refractivity contribution in [3.8, 4) is 10.0 Å². The number of nitrogens with one attached hydrogen (secondary N) is 2. The molecule has 4 rings (SSSR count). The van der Waals surface area contributed by atoms with Crippen LogP contribution in [0.4, 0.5) is 0 Å². The first-order chi connectivity index (χ1) is 13.6. The summed E-state index contributed by atoms with van der Waals surface area (Å²) in [6.07, 6.45) is 3.91. The third-order valence-corrected chi connectivity index (χ3v) is 6.69. The maximum atomic E-state index is 12.9. The minimum atomic E-state index is -0.575. The molecule has 0 aliphatic heterocycles. The van der Waals surface area contributed by atoms with Crippen molar-refractivity contribution in [3.05, 3.63) is 57.5 Å². The van der Waals surface area contributed by atoms with Gasteiger partial charge in [-0.25, -0.2) is 15.4 Å². The molecule has 2 amide bonds. The molecule has 2 heterocycles. The van der Waals surface area contributed by atoms with Crippen LogP contribution in [0.1, 0.15) is 63.0 Å². The van der Waals surface area contributed by atoms with Crippen molar-refractivity contribution < 1.29 is 14.8 Å². The minimum absolute atomic E-state index is 0.203. The van der Waals surface area contributed by atoms with Gasteiger partial charge < -0.3 is 5.32 Å². The lowest BCUT2D eigenvalue weighted by Gasteiger charge is -2.14. The predicted molar refractivity (Wildman–Crippen MR) is 107 cm³/mol. The molecular formula is C19H18N4O3S2. The van der Waals surface area contributed by atoms with Gasteiger partial charge in [0.2, 0.25) is 0 Å². The number of carbonyl (C=O) groups is 2. The Bertz CT molecular complexity index is 995. The van der Waals surface area contributed by atoms with E-state index in [1.165, 1.54) is 11.3 Å². The van der Waals surface area contributed by atoms with Gasteiger partial charge in [-0.2, -0.15) is 0 Å². The van der Waals surface area contributed by atoms with Gasteiger partial charge in [-0.15, -0.1) is 22.7 Å². The molecule has 0 saturated heterocycles. The van der Waals surface area contributed by atoms with Crippen LogP contribution in [0.15, 0.2) is 35.8 Å². The molecule has 0 spiro atoms. The average molecular weight is 415 g/mol. The molecule has 1 atom stereocenters. The van der Waals surface area contributed by atoms with Crippen molar-refractivity contribution in [2.75, 3.05) is 0 Å². The van der Waals surface area contributed by atoms with Gasteiger partial charge in [-0.3, -0.25) is 14.8 Å². The van der Waals surface area contributed by atoms with E-state index in [9.17, 15) is 9.59 Å². The highest BCUT2D eigenvalue weighted by Gasteiger charge is 2.32. The molecule has 0 radical (unpaired) electrons. The largest absolute Gasteiger partial charge is 0.344 e. The van der Waals surface area contributed by atoms with Crippen molar-refractivity contribution in [3.63, 3.8) is 0 Å². The molecule has 144 valence electrons. The molecule has 3 aromatic rings. The van der Waals surface area contributed by atoms with Gasteiger partial charge in [0.05, 0.1) is 6.04 Å². The molecule has 2 aromatic heterocycles. The third-order valence-electron chi connectivity index (χ3n) is 4.55. The number of amides is 2. The zero-order chi connectivity index (χ0) is 19.7. The molecule has 1 aromatic carbocycles. The van der Waals surface area contributed by atoms with E-state index >= 15 is 0 Å². The fourth-order valence-electron chi connectivity index (χ4n) is 2.87. The Labute approximate surface area is 169 Å². The molecule has 1 fully saturated rings. The van der Waals surface area contributed by atoms with Crippen LogP contribution in [-0.4, -0.2) is 27.0 Å². The summed E-state index contributed by atoms with van der Waals surface area (Å²) < 4.78 is 0. The Morgan fingerprint density at radius 2 is 1.93 bits per heavy atom. The maximum Gasteiger partial charge on any atom is 0.274 e. The van der Waals surface area contributed by atoms with Crippen molar-refractivity contribution in [1.29, 1.82) is 0 Å². The summed E-state index contributed by atoms with van der Waals surface area (Å²) in [7, 11) is 0. The molecular weight excluding hydrogens is 396 g/mol. The van der Waals surface area contributed by atoms with E-state index in [0.717, 1.165) is 33.3 Å². The standard InChI is InChI=1S/C19H18N4O3S2/c1-10(11-2-6-13(7-3-11)16(24)23-26)21-17(25)14-15(12-4-5-12)28-19(22-14)18-20-8-9-27-18/h2-3,6-10,12,26H,4-5H2,1H3,(H,21,25)(H,23,24)/t10-/m0/s1. The van der Waals surface area contributed by atoms with Crippen LogP contribution in [0, 0.1) is 0 Å². The zero-order valence-corrected chi connectivity index (χ0v) is 16.6. The molecule has 3 N–H and O–H groups in total. The molecule has 7 nitrogen and oxygen atoms in total. The Hall–Kier alpha value is -2.62. The van der Waals surface area contributed by atoms with Gasteiger partial charge >= 0.3 is 0 Å². The second-order valence-corrected chi connectivity index (χ2v) is 8.53. The lowest BCUT2D eigenvalue weighted by Crippen LogP contribution is -2.27. The van der Waals surface area contributed by atoms with Crippen molar-refractivity contribution >= 4 is 34.5 Å². The van der Waals surface area contributed by atoms with Crippen LogP contribution < -0.4 is 10.8 Å². The highest BCUT2D eigenvalue weighted by atomic mass is 32.1. The number of rotatable bonds is 6. The summed E-state index contributed by atoms with van der Waals surface area (Å²) in [4.78, 5) is 34.2. The number of thiazole rings is 2. The van der Waals surface area contributed by atoms with Crippen LogP contribution in [0.25, 0.3) is 10.0 Å². The van der Waals surface area contributed by atoms with E-state index in [4.69, 9.17) is 5.21 Å². The number of carbonyl (C=O) groups excluding carboxylic acids is 2. The summed E-state index contributed by atoms with van der Waals surface area (Å²) in [5.74, 6) is -0.362. The van der Waals surface area contributed by atoms with E-state index in [1.54, 1.807) is 47.3 Å². The Kier molecular flexibility index (Phi) is 5.21. The summed E-state index contributed by atoms with van der Waals surface area (Å²) >= 11 is 3.07. The molecule has 1 aliphatic carbocycles. The predicted octanol–water partition coefficient (Wildman–Crippen LogP) is 3.75. The van der Waals surface area contributed by atoms with Gasteiger partial charge in [0.1, 0.15) is 5.69 Å². The number of hydrogen-bond acceptors (Lipinski definition) is 7. The van der Waals surface area contributed by atoms with Crippen LogP contribution in [-0.2, 0) is 0 Å². The van der Waals surface area contributed by atoms with Gasteiger partial charge in [0, 0.05) is 22.0 Å². The van der Waals surface area contributed by atoms with Crippen LogP contribution in [0.5, 0.6) is 0 Å². The molecule has 1 saturated carbocycles. The number of benzene rings is 1. The lowest BCUT2D eigenvalue weighted by molar-refractivity contribution is 0.0706. The van der Waals surface area contributed by atoms with Gasteiger partial charge in [0.15, 0.2) is 10.0 Å². The van der Waals surface area contributed by atoms with Crippen LogP contribution >= 0.6 is 22.7 Å². The summed E-state index contributed by atoms with van der Waals surface area (Å²) in [6, 6.07) is 6.44. The number of hydroxylamine groups is 1. The summed E-state index contributed by atoms with van der Waals surface area (Å²) in [5.41, 5.74) is 3.28. The van der Waals surface area contributed by atoms with Crippen molar-refractivity contribution in [2.45, 2.75) is 31.7 Å². The minimum Gasteiger partial charge on any atom is -0.344 e. The third kappa shape index (κ3) is 3.82. The quantitative estimate of drug-likeness (QED) is 0.421. The normalized spacial score (nSPS) is 14.5. The first kappa shape index (κ1) is 18.7. The lowest BCUT2D eigenvalue weighted by atomic mass is 10.1. The second kappa shape index (κ2) is 7.78. The molecule has 28 heavy (non-hydrogen) atoms. The Balaban J connectivity index is 1.52. The highest BCUT2D eigenvalue weighted by Crippen LogP contribution is 2.46. The van der Waals surface area contributed by atoms with Gasteiger partial charge in [-0.1, -0.05) is 12.1 Å². The first-order valence-electron chi connectivity index (χ1n) is 8.82. The highest BCUT2D eigenvalue weighted by molar-refractivity contribution is 7.20. The molecule has 0 bridgehead atoms. The molecule has 1 aliphatic rings. The zero-order valence-electron chi connectivity index (χ0n) is 15.0. The monoisotopic (exact) mass is 414 g/mol. The van der Waals surface area contributed by atoms with Crippen LogP contribution in [0.3, 0.4) is 0 Å². The maximum absolute atomic E-state index is 12.9. The smallest absolute Gasteiger partial charge is 0.274 e. The molecule has 0 unspecified atom stereocenters. The average Bonchev–Trinajstić information content (AvgIpc) is 3.23. The number of nitrogens with zero attached hydrogens (tertiary/aromatic N) is 2. The first-order valence-corrected chi connectivity index (χ1v) is 10.5. The molecule has 9 heteroatoms. The Morgan fingerprint density at radius 3 is 2.54 bits per heavy atom. The number of aromatic nitrogens is 2.